The van der Waals surface area contributed by atoms with Gasteiger partial charge in [0, 0.05) is 30.5 Å². The quantitative estimate of drug-likeness (QED) is 0.827. The van der Waals surface area contributed by atoms with Crippen LogP contribution in [0.4, 0.5) is 4.39 Å². The smallest absolute Gasteiger partial charge is 0.127 e. The van der Waals surface area contributed by atoms with E-state index in [0.29, 0.717) is 18.7 Å². The van der Waals surface area contributed by atoms with Crippen molar-refractivity contribution in [3.8, 4) is 0 Å². The van der Waals surface area contributed by atoms with E-state index in [-0.39, 0.29) is 5.82 Å². The lowest BCUT2D eigenvalue weighted by molar-refractivity contribution is 0.586. The predicted octanol–water partition coefficient (Wildman–Crippen LogP) is 2.15. The number of aromatic nitrogens is 2. The molecule has 1 heterocycles. The maximum Gasteiger partial charge on any atom is 0.127 e. The van der Waals surface area contributed by atoms with Gasteiger partial charge in [-0.25, -0.2) is 9.37 Å². The minimum absolute atomic E-state index is 0.171. The van der Waals surface area contributed by atoms with Gasteiger partial charge in [0.05, 0.1) is 0 Å². The SMILES string of the molecule is Cc1ncc(CNCc2ccccc2F)[nH]1. The average Bonchev–Trinajstić information content (AvgIpc) is 2.67. The summed E-state index contributed by atoms with van der Waals surface area (Å²) in [5.41, 5.74) is 1.69. The number of halogens is 1. The molecule has 0 amide bonds. The van der Waals surface area contributed by atoms with Crippen LogP contribution in [0, 0.1) is 12.7 Å². The van der Waals surface area contributed by atoms with Gasteiger partial charge in [0.2, 0.25) is 0 Å². The van der Waals surface area contributed by atoms with Crippen molar-refractivity contribution >= 4 is 0 Å². The first-order chi connectivity index (χ1) is 7.75. The van der Waals surface area contributed by atoms with Gasteiger partial charge in [0.25, 0.3) is 0 Å². The fourth-order valence-electron chi connectivity index (χ4n) is 1.54. The Morgan fingerprint density at radius 1 is 1.31 bits per heavy atom. The molecule has 0 bridgehead atoms. The standard InChI is InChI=1S/C12H14FN3/c1-9-15-8-11(16-9)7-14-6-10-4-2-3-5-12(10)13/h2-5,8,14H,6-7H2,1H3,(H,15,16). The Kier molecular flexibility index (Phi) is 3.31. The number of imidazole rings is 1. The Morgan fingerprint density at radius 3 is 2.81 bits per heavy atom. The van der Waals surface area contributed by atoms with Crippen LogP contribution in [-0.4, -0.2) is 9.97 Å². The fraction of sp³-hybridized carbons (Fsp3) is 0.250. The van der Waals surface area contributed by atoms with Crippen molar-refractivity contribution in [3.05, 3.63) is 53.4 Å². The highest BCUT2D eigenvalue weighted by molar-refractivity contribution is 5.17. The summed E-state index contributed by atoms with van der Waals surface area (Å²) in [5, 5.41) is 3.16. The fourth-order valence-corrected chi connectivity index (χ4v) is 1.54. The summed E-state index contributed by atoms with van der Waals surface area (Å²) in [5.74, 6) is 0.721. The summed E-state index contributed by atoms with van der Waals surface area (Å²) in [4.78, 5) is 7.20. The maximum absolute atomic E-state index is 13.3. The van der Waals surface area contributed by atoms with Crippen molar-refractivity contribution in [1.82, 2.24) is 15.3 Å². The van der Waals surface area contributed by atoms with E-state index in [9.17, 15) is 4.39 Å². The van der Waals surface area contributed by atoms with Crippen molar-refractivity contribution in [1.29, 1.82) is 0 Å². The number of H-pyrrole nitrogens is 1. The van der Waals surface area contributed by atoms with E-state index in [1.54, 1.807) is 18.3 Å². The Hall–Kier alpha value is -1.68. The molecule has 0 saturated heterocycles. The van der Waals surface area contributed by atoms with Crippen LogP contribution in [0.15, 0.2) is 30.5 Å². The van der Waals surface area contributed by atoms with E-state index in [2.05, 4.69) is 15.3 Å². The summed E-state index contributed by atoms with van der Waals surface area (Å²) in [7, 11) is 0. The molecule has 84 valence electrons. The third-order valence-electron chi connectivity index (χ3n) is 2.34. The molecule has 0 unspecified atom stereocenters. The maximum atomic E-state index is 13.3. The molecule has 2 N–H and O–H groups in total. The molecule has 1 aromatic carbocycles. The second-order valence-corrected chi connectivity index (χ2v) is 3.69. The number of hydrogen-bond acceptors (Lipinski definition) is 2. The molecule has 0 atom stereocenters. The molecule has 0 aliphatic rings. The lowest BCUT2D eigenvalue weighted by Gasteiger charge is -2.04. The molecule has 0 radical (unpaired) electrons. The topological polar surface area (TPSA) is 40.7 Å². The first kappa shape index (κ1) is 10.8. The molecule has 0 fully saturated rings. The molecule has 2 rings (SSSR count). The molecular formula is C12H14FN3. The highest BCUT2D eigenvalue weighted by atomic mass is 19.1. The average molecular weight is 219 g/mol. The number of aryl methyl sites for hydroxylation is 1. The van der Waals surface area contributed by atoms with Gasteiger partial charge in [-0.15, -0.1) is 0 Å². The van der Waals surface area contributed by atoms with E-state index >= 15 is 0 Å². The number of hydrogen-bond donors (Lipinski definition) is 2. The first-order valence-electron chi connectivity index (χ1n) is 5.20. The number of rotatable bonds is 4. The van der Waals surface area contributed by atoms with Gasteiger partial charge in [0.15, 0.2) is 0 Å². The molecule has 0 saturated carbocycles. The normalized spacial score (nSPS) is 10.6. The van der Waals surface area contributed by atoms with E-state index in [1.807, 2.05) is 13.0 Å². The second kappa shape index (κ2) is 4.90. The Balaban J connectivity index is 1.87. The van der Waals surface area contributed by atoms with Crippen LogP contribution in [-0.2, 0) is 13.1 Å². The van der Waals surface area contributed by atoms with Gasteiger partial charge in [-0.3, -0.25) is 0 Å². The minimum Gasteiger partial charge on any atom is -0.345 e. The van der Waals surface area contributed by atoms with Crippen molar-refractivity contribution in [3.63, 3.8) is 0 Å². The molecule has 0 spiro atoms. The van der Waals surface area contributed by atoms with Gasteiger partial charge < -0.3 is 10.3 Å². The zero-order valence-corrected chi connectivity index (χ0v) is 9.13. The first-order valence-corrected chi connectivity index (χ1v) is 5.20. The van der Waals surface area contributed by atoms with Gasteiger partial charge in [-0.2, -0.15) is 0 Å². The number of nitrogens with one attached hydrogen (secondary N) is 2. The Labute approximate surface area is 93.7 Å². The van der Waals surface area contributed by atoms with Gasteiger partial charge in [-0.1, -0.05) is 18.2 Å². The summed E-state index contributed by atoms with van der Waals surface area (Å²) < 4.78 is 13.3. The van der Waals surface area contributed by atoms with Crippen molar-refractivity contribution in [2.45, 2.75) is 20.0 Å². The molecule has 3 nitrogen and oxygen atoms in total. The summed E-state index contributed by atoms with van der Waals surface area (Å²) in [6.07, 6.45) is 1.78. The van der Waals surface area contributed by atoms with Crippen LogP contribution < -0.4 is 5.32 Å². The van der Waals surface area contributed by atoms with Crippen molar-refractivity contribution < 1.29 is 4.39 Å². The van der Waals surface area contributed by atoms with Gasteiger partial charge in [-0.05, 0) is 13.0 Å². The lowest BCUT2D eigenvalue weighted by Crippen LogP contribution is -2.13. The van der Waals surface area contributed by atoms with Crippen LogP contribution in [0.5, 0.6) is 0 Å². The minimum atomic E-state index is -0.171. The van der Waals surface area contributed by atoms with Gasteiger partial charge >= 0.3 is 0 Å². The van der Waals surface area contributed by atoms with Gasteiger partial charge in [0.1, 0.15) is 11.6 Å². The van der Waals surface area contributed by atoms with E-state index in [0.717, 1.165) is 11.5 Å². The number of aromatic amines is 1. The summed E-state index contributed by atoms with van der Waals surface area (Å²) in [6, 6.07) is 6.77. The Morgan fingerprint density at radius 2 is 2.12 bits per heavy atom. The van der Waals surface area contributed by atoms with Crippen LogP contribution in [0.1, 0.15) is 17.1 Å². The third-order valence-corrected chi connectivity index (χ3v) is 2.34. The van der Waals surface area contributed by atoms with E-state index < -0.39 is 0 Å². The molecule has 2 aromatic rings. The molecule has 1 aromatic heterocycles. The second-order valence-electron chi connectivity index (χ2n) is 3.69. The summed E-state index contributed by atoms with van der Waals surface area (Å²) in [6.45, 7) is 3.08. The number of benzene rings is 1. The third kappa shape index (κ3) is 2.67. The monoisotopic (exact) mass is 219 g/mol. The highest BCUT2D eigenvalue weighted by Gasteiger charge is 2.00. The van der Waals surface area contributed by atoms with Crippen LogP contribution in [0.25, 0.3) is 0 Å². The lowest BCUT2D eigenvalue weighted by atomic mass is 10.2. The van der Waals surface area contributed by atoms with Crippen LogP contribution in [0.3, 0.4) is 0 Å². The summed E-state index contributed by atoms with van der Waals surface area (Å²) >= 11 is 0. The highest BCUT2D eigenvalue weighted by Crippen LogP contribution is 2.05. The number of nitrogens with zero attached hydrogens (tertiary/aromatic N) is 1. The molecule has 0 aliphatic heterocycles. The molecular weight excluding hydrogens is 205 g/mol. The largest absolute Gasteiger partial charge is 0.345 e. The van der Waals surface area contributed by atoms with Crippen LogP contribution in [0.2, 0.25) is 0 Å². The van der Waals surface area contributed by atoms with Crippen LogP contribution >= 0.6 is 0 Å². The van der Waals surface area contributed by atoms with E-state index in [4.69, 9.17) is 0 Å². The zero-order chi connectivity index (χ0) is 11.4. The molecule has 0 aliphatic carbocycles. The Bertz CT molecular complexity index is 465. The predicted molar refractivity (Wildman–Crippen MR) is 60.3 cm³/mol. The van der Waals surface area contributed by atoms with Crippen molar-refractivity contribution in [2.75, 3.05) is 0 Å². The molecule has 16 heavy (non-hydrogen) atoms. The van der Waals surface area contributed by atoms with E-state index in [1.165, 1.54) is 6.07 Å². The van der Waals surface area contributed by atoms with Crippen molar-refractivity contribution in [2.24, 2.45) is 0 Å². The zero-order valence-electron chi connectivity index (χ0n) is 9.13. The molecule has 4 heteroatoms.